The lowest BCUT2D eigenvalue weighted by Gasteiger charge is -2.33. The van der Waals surface area contributed by atoms with E-state index in [0.717, 1.165) is 6.42 Å². The molecule has 2 amide bonds. The number of aromatic nitrogens is 2. The Labute approximate surface area is 195 Å². The Balaban J connectivity index is 2.20. The maximum atomic E-state index is 13.0. The van der Waals surface area contributed by atoms with Gasteiger partial charge in [0, 0.05) is 53.0 Å². The highest BCUT2D eigenvalue weighted by molar-refractivity contribution is 5.93. The molecular weight excluding hydrogens is 428 g/mol. The van der Waals surface area contributed by atoms with E-state index >= 15 is 0 Å². The van der Waals surface area contributed by atoms with Crippen molar-refractivity contribution in [1.82, 2.24) is 19.6 Å². The molecule has 2 heterocycles. The van der Waals surface area contributed by atoms with E-state index in [-0.39, 0.29) is 44.7 Å². The van der Waals surface area contributed by atoms with Gasteiger partial charge in [-0.05, 0) is 12.3 Å². The molecule has 1 aromatic rings. The van der Waals surface area contributed by atoms with Gasteiger partial charge in [0.05, 0.1) is 25.0 Å². The van der Waals surface area contributed by atoms with Crippen LogP contribution in [0.3, 0.4) is 0 Å². The third-order valence-corrected chi connectivity index (χ3v) is 5.52. The first kappa shape index (κ1) is 27.0. The quantitative estimate of drug-likeness (QED) is 0.605. The minimum Gasteiger partial charge on any atom is -0.388 e. The van der Waals surface area contributed by atoms with Gasteiger partial charge in [0.25, 0.3) is 5.91 Å². The lowest BCUT2D eigenvalue weighted by Crippen LogP contribution is -2.50. The van der Waals surface area contributed by atoms with Crippen LogP contribution in [0.4, 0.5) is 0 Å². The van der Waals surface area contributed by atoms with Crippen LogP contribution in [0.25, 0.3) is 0 Å². The van der Waals surface area contributed by atoms with Crippen molar-refractivity contribution in [3.8, 4) is 0 Å². The van der Waals surface area contributed by atoms with Gasteiger partial charge in [0.2, 0.25) is 5.91 Å². The third kappa shape index (κ3) is 8.88. The normalized spacial score (nSPS) is 24.5. The van der Waals surface area contributed by atoms with Crippen LogP contribution in [-0.4, -0.2) is 106 Å². The van der Waals surface area contributed by atoms with Gasteiger partial charge in [-0.2, -0.15) is 5.10 Å². The van der Waals surface area contributed by atoms with Crippen molar-refractivity contribution in [2.45, 2.75) is 45.5 Å². The minimum absolute atomic E-state index is 0.0754. The molecule has 3 atom stereocenters. The van der Waals surface area contributed by atoms with Crippen molar-refractivity contribution >= 4 is 11.8 Å². The van der Waals surface area contributed by atoms with Gasteiger partial charge in [-0.3, -0.25) is 14.3 Å². The van der Waals surface area contributed by atoms with E-state index in [2.05, 4.69) is 18.9 Å². The SMILES string of the molecule is CC(=O)N1CCN(C(=O)c2cnn(C)c2)C/C=C/COC[C@@H](O)[C@@H](O)[C@H](OCCC(C)C)C1. The molecule has 0 aliphatic carbocycles. The molecule has 0 saturated heterocycles. The van der Waals surface area contributed by atoms with E-state index in [0.29, 0.717) is 24.6 Å². The Morgan fingerprint density at radius 3 is 2.61 bits per heavy atom. The van der Waals surface area contributed by atoms with Crippen LogP contribution in [0, 0.1) is 5.92 Å². The second kappa shape index (κ2) is 13.4. The van der Waals surface area contributed by atoms with Crippen LogP contribution < -0.4 is 0 Å². The fraction of sp³-hybridized carbons (Fsp3) is 0.696. The number of aliphatic hydroxyl groups is 2. The minimum atomic E-state index is -1.22. The lowest BCUT2D eigenvalue weighted by atomic mass is 10.1. The highest BCUT2D eigenvalue weighted by atomic mass is 16.5. The molecule has 1 aliphatic heterocycles. The average Bonchev–Trinajstić information content (AvgIpc) is 3.20. The topological polar surface area (TPSA) is 117 Å². The zero-order valence-electron chi connectivity index (χ0n) is 20.1. The summed E-state index contributed by atoms with van der Waals surface area (Å²) in [5.74, 6) is 0.0166. The molecule has 0 radical (unpaired) electrons. The molecule has 2 N–H and O–H groups in total. The fourth-order valence-electron chi connectivity index (χ4n) is 3.41. The number of rotatable bonds is 5. The van der Waals surface area contributed by atoms with E-state index in [9.17, 15) is 19.8 Å². The van der Waals surface area contributed by atoms with Crippen molar-refractivity contribution in [2.75, 3.05) is 46.0 Å². The molecular formula is C23H38N4O6. The first-order chi connectivity index (χ1) is 15.7. The van der Waals surface area contributed by atoms with E-state index in [1.165, 1.54) is 18.0 Å². The fourth-order valence-corrected chi connectivity index (χ4v) is 3.41. The van der Waals surface area contributed by atoms with E-state index < -0.39 is 18.3 Å². The monoisotopic (exact) mass is 466 g/mol. The zero-order valence-corrected chi connectivity index (χ0v) is 20.1. The van der Waals surface area contributed by atoms with Crippen molar-refractivity contribution in [3.63, 3.8) is 0 Å². The molecule has 1 aliphatic rings. The van der Waals surface area contributed by atoms with Crippen molar-refractivity contribution in [2.24, 2.45) is 13.0 Å². The van der Waals surface area contributed by atoms with Crippen LogP contribution in [0.2, 0.25) is 0 Å². The molecule has 0 aromatic carbocycles. The number of nitrogens with zero attached hydrogens (tertiary/aromatic N) is 4. The molecule has 0 fully saturated rings. The molecule has 0 saturated carbocycles. The molecule has 0 bridgehead atoms. The summed E-state index contributed by atoms with van der Waals surface area (Å²) in [5.41, 5.74) is 0.464. The highest BCUT2D eigenvalue weighted by Gasteiger charge is 2.30. The molecule has 2 rings (SSSR count). The maximum Gasteiger partial charge on any atom is 0.257 e. The van der Waals surface area contributed by atoms with Gasteiger partial charge in [0.1, 0.15) is 18.3 Å². The van der Waals surface area contributed by atoms with Crippen LogP contribution >= 0.6 is 0 Å². The van der Waals surface area contributed by atoms with Gasteiger partial charge < -0.3 is 29.5 Å². The van der Waals surface area contributed by atoms with Crippen LogP contribution in [0.15, 0.2) is 24.5 Å². The molecule has 1 aromatic heterocycles. The number of carbonyl (C=O) groups is 2. The van der Waals surface area contributed by atoms with Gasteiger partial charge in [-0.25, -0.2) is 0 Å². The molecule has 10 nitrogen and oxygen atoms in total. The first-order valence-electron chi connectivity index (χ1n) is 11.4. The molecule has 33 heavy (non-hydrogen) atoms. The van der Waals surface area contributed by atoms with Crippen molar-refractivity contribution < 1.29 is 29.3 Å². The zero-order chi connectivity index (χ0) is 24.4. The number of hydrogen-bond acceptors (Lipinski definition) is 7. The summed E-state index contributed by atoms with van der Waals surface area (Å²) in [6, 6.07) is 0. The summed E-state index contributed by atoms with van der Waals surface area (Å²) < 4.78 is 12.9. The van der Waals surface area contributed by atoms with Gasteiger partial charge in [-0.1, -0.05) is 26.0 Å². The summed E-state index contributed by atoms with van der Waals surface area (Å²) in [7, 11) is 1.74. The number of ether oxygens (including phenoxy) is 2. The summed E-state index contributed by atoms with van der Waals surface area (Å²) in [5, 5.41) is 25.2. The smallest absolute Gasteiger partial charge is 0.257 e. The average molecular weight is 467 g/mol. The standard InChI is InChI=1S/C23H38N4O6/c1-17(2)7-12-33-21-15-27(18(3)28)10-9-26(23(31)19-13-24-25(4)14-19)8-5-6-11-32-16-20(29)22(21)30/h5-6,13-14,17,20-22,29-30H,7-12,15-16H2,1-4H3/b6-5+/t20-,21-,22-/m1/s1. The summed E-state index contributed by atoms with van der Waals surface area (Å²) in [6.07, 6.45) is 4.36. The van der Waals surface area contributed by atoms with E-state index in [1.807, 2.05) is 0 Å². The molecule has 0 spiro atoms. The molecule has 10 heteroatoms. The first-order valence-corrected chi connectivity index (χ1v) is 11.4. The van der Waals surface area contributed by atoms with Gasteiger partial charge in [-0.15, -0.1) is 0 Å². The van der Waals surface area contributed by atoms with Gasteiger partial charge >= 0.3 is 0 Å². The number of aryl methyl sites for hydroxylation is 1. The highest BCUT2D eigenvalue weighted by Crippen LogP contribution is 2.12. The predicted octanol–water partition coefficient (Wildman–Crippen LogP) is 0.450. The van der Waals surface area contributed by atoms with Crippen LogP contribution in [0.1, 0.15) is 37.6 Å². The predicted molar refractivity (Wildman–Crippen MR) is 123 cm³/mol. The van der Waals surface area contributed by atoms with E-state index in [1.54, 1.807) is 35.0 Å². The number of carbonyl (C=O) groups excluding carboxylic acids is 2. The summed E-state index contributed by atoms with van der Waals surface area (Å²) in [6.45, 7) is 7.11. The van der Waals surface area contributed by atoms with Crippen molar-refractivity contribution in [3.05, 3.63) is 30.1 Å². The summed E-state index contributed by atoms with van der Waals surface area (Å²) >= 11 is 0. The number of aliphatic hydroxyl groups excluding tert-OH is 2. The number of hydrogen-bond donors (Lipinski definition) is 2. The Hall–Kier alpha value is -2.27. The molecule has 0 unspecified atom stereocenters. The van der Waals surface area contributed by atoms with Crippen molar-refractivity contribution in [1.29, 1.82) is 0 Å². The van der Waals surface area contributed by atoms with E-state index in [4.69, 9.17) is 9.47 Å². The van der Waals surface area contributed by atoms with Gasteiger partial charge in [0.15, 0.2) is 0 Å². The maximum absolute atomic E-state index is 13.0. The summed E-state index contributed by atoms with van der Waals surface area (Å²) in [4.78, 5) is 28.5. The third-order valence-electron chi connectivity index (χ3n) is 5.52. The number of amides is 2. The Morgan fingerprint density at radius 2 is 1.97 bits per heavy atom. The lowest BCUT2D eigenvalue weighted by molar-refractivity contribution is -0.139. The van der Waals surface area contributed by atoms with Crippen LogP contribution in [-0.2, 0) is 21.3 Å². The second-order valence-corrected chi connectivity index (χ2v) is 8.78. The molecule has 186 valence electrons. The Kier molecular flexibility index (Phi) is 11.0. The van der Waals surface area contributed by atoms with Crippen LogP contribution in [0.5, 0.6) is 0 Å². The largest absolute Gasteiger partial charge is 0.388 e. The second-order valence-electron chi connectivity index (χ2n) is 8.78. The Bertz CT molecular complexity index is 781. The Morgan fingerprint density at radius 1 is 1.24 bits per heavy atom.